The molecule has 2 heterocycles. The fraction of sp³-hybridized carbons (Fsp3) is 0.250. The molecule has 1 saturated heterocycles. The highest BCUT2D eigenvalue weighted by Crippen LogP contribution is 2.34. The summed E-state index contributed by atoms with van der Waals surface area (Å²) in [6.07, 6.45) is 2.91. The van der Waals surface area contributed by atoms with Crippen LogP contribution in [0.5, 0.6) is 0 Å². The molecule has 0 bridgehead atoms. The Labute approximate surface area is 174 Å². The lowest BCUT2D eigenvalue weighted by Gasteiger charge is -2.21. The van der Waals surface area contributed by atoms with Crippen molar-refractivity contribution in [2.45, 2.75) is 17.0 Å². The van der Waals surface area contributed by atoms with Gasteiger partial charge in [0.1, 0.15) is 5.82 Å². The molecule has 0 spiro atoms. The highest BCUT2D eigenvalue weighted by molar-refractivity contribution is 7.89. The van der Waals surface area contributed by atoms with Crippen LogP contribution in [-0.4, -0.2) is 41.4 Å². The Bertz CT molecular complexity index is 1120. The fourth-order valence-electron chi connectivity index (χ4n) is 3.62. The van der Waals surface area contributed by atoms with E-state index >= 15 is 0 Å². The number of aromatic nitrogens is 2. The molecule has 1 N–H and O–H groups in total. The van der Waals surface area contributed by atoms with Gasteiger partial charge in [-0.1, -0.05) is 29.8 Å². The van der Waals surface area contributed by atoms with Gasteiger partial charge < -0.3 is 9.88 Å². The van der Waals surface area contributed by atoms with Crippen molar-refractivity contribution >= 4 is 27.3 Å². The maximum absolute atomic E-state index is 14.5. The van der Waals surface area contributed by atoms with E-state index in [9.17, 15) is 12.8 Å². The lowest BCUT2D eigenvalue weighted by atomic mass is 9.93. The van der Waals surface area contributed by atoms with E-state index in [4.69, 9.17) is 11.6 Å². The number of imidazole rings is 1. The zero-order valence-corrected chi connectivity index (χ0v) is 17.2. The first-order valence-corrected chi connectivity index (χ1v) is 10.9. The first kappa shape index (κ1) is 19.9. The predicted molar refractivity (Wildman–Crippen MR) is 110 cm³/mol. The SMILES string of the molecule is Cn1cnc(S(=O)(=O)N2C[C@@H](Nc3ccc(Cl)cc3)[C@H](c3ccccc3F)C2)c1. The average Bonchev–Trinajstić information content (AvgIpc) is 3.31. The van der Waals surface area contributed by atoms with E-state index in [1.807, 2.05) is 12.1 Å². The van der Waals surface area contributed by atoms with Crippen LogP contribution < -0.4 is 5.32 Å². The molecular formula is C20H20ClFN4O2S. The summed E-state index contributed by atoms with van der Waals surface area (Å²) in [5.41, 5.74) is 1.27. The summed E-state index contributed by atoms with van der Waals surface area (Å²) in [5, 5.41) is 3.93. The van der Waals surface area contributed by atoms with Gasteiger partial charge in [0.2, 0.25) is 0 Å². The third kappa shape index (κ3) is 4.01. The van der Waals surface area contributed by atoms with Gasteiger partial charge in [0.15, 0.2) is 5.03 Å². The Balaban J connectivity index is 1.67. The van der Waals surface area contributed by atoms with Crippen molar-refractivity contribution in [2.24, 2.45) is 7.05 Å². The summed E-state index contributed by atoms with van der Waals surface area (Å²) in [5.74, 6) is -0.706. The molecule has 1 fully saturated rings. The lowest BCUT2D eigenvalue weighted by Crippen LogP contribution is -2.32. The molecule has 9 heteroatoms. The van der Waals surface area contributed by atoms with Crippen molar-refractivity contribution in [3.8, 4) is 0 Å². The molecule has 0 aliphatic carbocycles. The van der Waals surface area contributed by atoms with Crippen LogP contribution in [0.15, 0.2) is 66.1 Å². The van der Waals surface area contributed by atoms with Crippen LogP contribution in [0.25, 0.3) is 0 Å². The van der Waals surface area contributed by atoms with E-state index in [1.165, 1.54) is 22.9 Å². The van der Waals surface area contributed by atoms with Gasteiger partial charge in [0, 0.05) is 49.0 Å². The van der Waals surface area contributed by atoms with Gasteiger partial charge in [-0.15, -0.1) is 0 Å². The standard InChI is InChI=1S/C20H20ClFN4O2S/c1-25-12-20(23-13-25)29(27,28)26-10-17(16-4-2-3-5-18(16)22)19(11-26)24-15-8-6-14(21)7-9-15/h2-9,12-13,17,19,24H,10-11H2,1H3/t17-,19+/m0/s1. The molecule has 4 rings (SSSR count). The smallest absolute Gasteiger partial charge is 0.262 e. The Morgan fingerprint density at radius 3 is 2.52 bits per heavy atom. The van der Waals surface area contributed by atoms with Crippen LogP contribution in [0.1, 0.15) is 11.5 Å². The monoisotopic (exact) mass is 434 g/mol. The summed E-state index contributed by atoms with van der Waals surface area (Å²) in [6, 6.07) is 13.3. The van der Waals surface area contributed by atoms with Gasteiger partial charge in [-0.2, -0.15) is 4.31 Å². The number of benzene rings is 2. The van der Waals surface area contributed by atoms with E-state index in [2.05, 4.69) is 10.3 Å². The summed E-state index contributed by atoms with van der Waals surface area (Å²) in [6.45, 7) is 0.353. The Morgan fingerprint density at radius 2 is 1.86 bits per heavy atom. The van der Waals surface area contributed by atoms with E-state index in [-0.39, 0.29) is 35.9 Å². The maximum atomic E-state index is 14.5. The molecule has 2 aromatic carbocycles. The number of nitrogens with zero attached hydrogens (tertiary/aromatic N) is 3. The Hall–Kier alpha value is -2.42. The summed E-state index contributed by atoms with van der Waals surface area (Å²) in [7, 11) is -2.07. The second-order valence-electron chi connectivity index (χ2n) is 7.09. The van der Waals surface area contributed by atoms with Crippen molar-refractivity contribution in [1.29, 1.82) is 0 Å². The molecule has 1 aliphatic rings. The first-order valence-electron chi connectivity index (χ1n) is 9.09. The fourth-order valence-corrected chi connectivity index (χ4v) is 5.20. The van der Waals surface area contributed by atoms with Crippen molar-refractivity contribution in [2.75, 3.05) is 18.4 Å². The van der Waals surface area contributed by atoms with E-state index in [1.54, 1.807) is 41.9 Å². The number of hydrogen-bond acceptors (Lipinski definition) is 4. The summed E-state index contributed by atoms with van der Waals surface area (Å²) < 4.78 is 43.6. The molecule has 1 aliphatic heterocycles. The molecule has 0 unspecified atom stereocenters. The second-order valence-corrected chi connectivity index (χ2v) is 9.41. The van der Waals surface area contributed by atoms with Gasteiger partial charge in [-0.25, -0.2) is 17.8 Å². The summed E-state index contributed by atoms with van der Waals surface area (Å²) >= 11 is 5.95. The van der Waals surface area contributed by atoms with Crippen molar-refractivity contribution in [3.63, 3.8) is 0 Å². The number of hydrogen-bond donors (Lipinski definition) is 1. The minimum atomic E-state index is -3.79. The molecule has 1 aromatic heterocycles. The van der Waals surface area contributed by atoms with E-state index in [0.29, 0.717) is 10.6 Å². The number of halogens is 2. The molecule has 6 nitrogen and oxygen atoms in total. The number of sulfonamides is 1. The van der Waals surface area contributed by atoms with Gasteiger partial charge in [0.25, 0.3) is 10.0 Å². The topological polar surface area (TPSA) is 67.2 Å². The highest BCUT2D eigenvalue weighted by Gasteiger charge is 2.41. The minimum absolute atomic E-state index is 0.0144. The number of nitrogens with one attached hydrogen (secondary N) is 1. The molecule has 0 saturated carbocycles. The Kier molecular flexibility index (Phi) is 5.33. The van der Waals surface area contributed by atoms with Gasteiger partial charge in [-0.05, 0) is 35.9 Å². The zero-order valence-electron chi connectivity index (χ0n) is 15.7. The van der Waals surface area contributed by atoms with E-state index in [0.717, 1.165) is 5.69 Å². The number of aryl methyl sites for hydroxylation is 1. The van der Waals surface area contributed by atoms with Crippen molar-refractivity contribution < 1.29 is 12.8 Å². The van der Waals surface area contributed by atoms with Crippen molar-refractivity contribution in [3.05, 3.63) is 77.5 Å². The third-order valence-corrected chi connectivity index (χ3v) is 7.04. The normalized spacial score (nSPS) is 20.1. The van der Waals surface area contributed by atoms with Gasteiger partial charge in [-0.3, -0.25) is 0 Å². The number of rotatable bonds is 5. The van der Waals surface area contributed by atoms with Crippen molar-refractivity contribution in [1.82, 2.24) is 13.9 Å². The molecule has 0 radical (unpaired) electrons. The van der Waals surface area contributed by atoms with Gasteiger partial charge in [0.05, 0.1) is 6.33 Å². The van der Waals surface area contributed by atoms with E-state index < -0.39 is 10.0 Å². The van der Waals surface area contributed by atoms with Crippen LogP contribution in [0, 0.1) is 5.82 Å². The number of anilines is 1. The molecule has 0 amide bonds. The predicted octanol–water partition coefficient (Wildman–Crippen LogP) is 3.48. The zero-order chi connectivity index (χ0) is 20.6. The lowest BCUT2D eigenvalue weighted by molar-refractivity contribution is 0.467. The van der Waals surface area contributed by atoms with Crippen LogP contribution in [0.4, 0.5) is 10.1 Å². The average molecular weight is 435 g/mol. The van der Waals surface area contributed by atoms with Crippen LogP contribution in [0.3, 0.4) is 0 Å². The first-order chi connectivity index (χ1) is 13.8. The molecule has 2 atom stereocenters. The Morgan fingerprint density at radius 1 is 1.14 bits per heavy atom. The molecule has 3 aromatic rings. The highest BCUT2D eigenvalue weighted by atomic mass is 35.5. The largest absolute Gasteiger partial charge is 0.380 e. The van der Waals surface area contributed by atoms with Crippen LogP contribution in [-0.2, 0) is 17.1 Å². The molecule has 152 valence electrons. The third-order valence-electron chi connectivity index (χ3n) is 5.07. The maximum Gasteiger partial charge on any atom is 0.262 e. The second kappa shape index (κ2) is 7.78. The minimum Gasteiger partial charge on any atom is -0.380 e. The molecule has 29 heavy (non-hydrogen) atoms. The van der Waals surface area contributed by atoms with Crippen LogP contribution in [0.2, 0.25) is 5.02 Å². The quantitative estimate of drug-likeness (QED) is 0.667. The van der Waals surface area contributed by atoms with Crippen LogP contribution >= 0.6 is 11.6 Å². The van der Waals surface area contributed by atoms with Gasteiger partial charge >= 0.3 is 0 Å². The summed E-state index contributed by atoms with van der Waals surface area (Å²) in [4.78, 5) is 3.99. The molecular weight excluding hydrogens is 415 g/mol.